The van der Waals surface area contributed by atoms with Crippen molar-refractivity contribution in [3.8, 4) is 5.75 Å². The van der Waals surface area contributed by atoms with Crippen LogP contribution in [0.1, 0.15) is 39.5 Å². The Labute approximate surface area is 127 Å². The Hall–Kier alpha value is -1.55. The molecule has 1 aliphatic carbocycles. The minimum absolute atomic E-state index is 0.0629. The Kier molecular flexibility index (Phi) is 6.05. The lowest BCUT2D eigenvalue weighted by Crippen LogP contribution is -2.39. The van der Waals surface area contributed by atoms with Crippen LogP contribution in [0.5, 0.6) is 5.75 Å². The molecule has 116 valence electrons. The number of carbonyl (C=O) groups excluding carboxylic acids is 1. The van der Waals surface area contributed by atoms with Gasteiger partial charge in [0.2, 0.25) is 5.91 Å². The third kappa shape index (κ3) is 4.74. The van der Waals surface area contributed by atoms with Gasteiger partial charge in [0.15, 0.2) is 0 Å². The van der Waals surface area contributed by atoms with E-state index in [9.17, 15) is 4.79 Å². The molecule has 4 nitrogen and oxygen atoms in total. The second-order valence-corrected chi connectivity index (χ2v) is 5.51. The van der Waals surface area contributed by atoms with Gasteiger partial charge >= 0.3 is 0 Å². The molecule has 1 N–H and O–H groups in total. The third-order valence-corrected chi connectivity index (χ3v) is 4.04. The van der Waals surface area contributed by atoms with Gasteiger partial charge in [0.25, 0.3) is 0 Å². The number of carbonyl (C=O) groups is 1. The maximum Gasteiger partial charge on any atom is 0.238 e. The van der Waals surface area contributed by atoms with Crippen LogP contribution < -0.4 is 10.1 Å². The lowest BCUT2D eigenvalue weighted by Gasteiger charge is -2.26. The number of rotatable bonds is 7. The summed E-state index contributed by atoms with van der Waals surface area (Å²) in [5.41, 5.74) is 0.825. The third-order valence-electron chi connectivity index (χ3n) is 4.04. The summed E-state index contributed by atoms with van der Waals surface area (Å²) >= 11 is 0. The Morgan fingerprint density at radius 2 is 1.90 bits per heavy atom. The molecule has 0 unspecified atom stereocenters. The first-order valence-corrected chi connectivity index (χ1v) is 7.99. The van der Waals surface area contributed by atoms with Crippen LogP contribution in [0.2, 0.25) is 0 Å². The number of benzene rings is 1. The van der Waals surface area contributed by atoms with Gasteiger partial charge in [-0.05, 0) is 50.6 Å². The molecule has 0 saturated heterocycles. The highest BCUT2D eigenvalue weighted by Crippen LogP contribution is 2.23. The van der Waals surface area contributed by atoms with Gasteiger partial charge in [-0.3, -0.25) is 9.69 Å². The van der Waals surface area contributed by atoms with Gasteiger partial charge in [-0.15, -0.1) is 0 Å². The van der Waals surface area contributed by atoms with Gasteiger partial charge in [-0.1, -0.05) is 19.8 Å². The predicted molar refractivity (Wildman–Crippen MR) is 85.7 cm³/mol. The predicted octanol–water partition coefficient (Wildman–Crippen LogP) is 3.29. The number of amides is 1. The van der Waals surface area contributed by atoms with Crippen molar-refractivity contribution >= 4 is 11.6 Å². The van der Waals surface area contributed by atoms with Crippen LogP contribution in [-0.4, -0.2) is 36.5 Å². The van der Waals surface area contributed by atoms with Crippen molar-refractivity contribution in [2.75, 3.05) is 25.0 Å². The van der Waals surface area contributed by atoms with Gasteiger partial charge in [0.05, 0.1) is 13.2 Å². The summed E-state index contributed by atoms with van der Waals surface area (Å²) in [6.07, 6.45) is 5.04. The quantitative estimate of drug-likeness (QED) is 0.838. The summed E-state index contributed by atoms with van der Waals surface area (Å²) < 4.78 is 5.39. The molecule has 1 amide bonds. The van der Waals surface area contributed by atoms with Crippen molar-refractivity contribution in [3.63, 3.8) is 0 Å². The molecule has 2 rings (SSSR count). The summed E-state index contributed by atoms with van der Waals surface area (Å²) in [5, 5.41) is 2.96. The molecule has 0 atom stereocenters. The average molecular weight is 290 g/mol. The van der Waals surface area contributed by atoms with E-state index >= 15 is 0 Å². The van der Waals surface area contributed by atoms with Gasteiger partial charge < -0.3 is 10.1 Å². The smallest absolute Gasteiger partial charge is 0.238 e. The van der Waals surface area contributed by atoms with Crippen LogP contribution in [0.15, 0.2) is 24.3 Å². The number of anilines is 1. The number of nitrogens with one attached hydrogen (secondary N) is 1. The van der Waals surface area contributed by atoms with Gasteiger partial charge in [0.1, 0.15) is 5.75 Å². The first-order chi connectivity index (χ1) is 10.2. The van der Waals surface area contributed by atoms with E-state index in [-0.39, 0.29) is 5.91 Å². The molecule has 0 radical (unpaired) electrons. The molecular formula is C17H26N2O2. The summed E-state index contributed by atoms with van der Waals surface area (Å²) in [7, 11) is 0. The molecule has 1 aromatic rings. The van der Waals surface area contributed by atoms with Crippen molar-refractivity contribution < 1.29 is 9.53 Å². The van der Waals surface area contributed by atoms with Crippen molar-refractivity contribution in [2.24, 2.45) is 0 Å². The van der Waals surface area contributed by atoms with E-state index in [0.29, 0.717) is 19.2 Å². The van der Waals surface area contributed by atoms with E-state index < -0.39 is 0 Å². The number of nitrogens with zero attached hydrogens (tertiary/aromatic N) is 1. The second-order valence-electron chi connectivity index (χ2n) is 5.51. The maximum absolute atomic E-state index is 12.2. The van der Waals surface area contributed by atoms with E-state index in [1.54, 1.807) is 0 Å². The van der Waals surface area contributed by atoms with Crippen LogP contribution in [0.3, 0.4) is 0 Å². The van der Waals surface area contributed by atoms with Crippen LogP contribution in [0.25, 0.3) is 0 Å². The first kappa shape index (κ1) is 15.8. The minimum Gasteiger partial charge on any atom is -0.494 e. The number of hydrogen-bond acceptors (Lipinski definition) is 3. The molecule has 0 aromatic heterocycles. The molecule has 0 bridgehead atoms. The zero-order chi connectivity index (χ0) is 15.1. The second kappa shape index (κ2) is 8.03. The van der Waals surface area contributed by atoms with Crippen molar-refractivity contribution in [3.05, 3.63) is 24.3 Å². The lowest BCUT2D eigenvalue weighted by atomic mass is 10.2. The highest BCUT2D eigenvalue weighted by atomic mass is 16.5. The molecule has 1 fully saturated rings. The molecule has 21 heavy (non-hydrogen) atoms. The summed E-state index contributed by atoms with van der Waals surface area (Å²) in [6, 6.07) is 8.12. The Bertz CT molecular complexity index is 439. The monoisotopic (exact) mass is 290 g/mol. The zero-order valence-corrected chi connectivity index (χ0v) is 13.1. The van der Waals surface area contributed by atoms with E-state index in [1.165, 1.54) is 25.7 Å². The first-order valence-electron chi connectivity index (χ1n) is 7.99. The van der Waals surface area contributed by atoms with Gasteiger partial charge in [-0.2, -0.15) is 0 Å². The van der Waals surface area contributed by atoms with E-state index in [0.717, 1.165) is 18.0 Å². The molecule has 4 heteroatoms. The fourth-order valence-corrected chi connectivity index (χ4v) is 2.95. The molecule has 0 aliphatic heterocycles. The Balaban J connectivity index is 1.85. The van der Waals surface area contributed by atoms with Crippen molar-refractivity contribution in [1.29, 1.82) is 0 Å². The molecular weight excluding hydrogens is 264 g/mol. The number of hydrogen-bond donors (Lipinski definition) is 1. The SMILES string of the molecule is CCOc1ccc(NC(=O)CN(CC)C2CCCC2)cc1. The van der Waals surface area contributed by atoms with Crippen LogP contribution in [0, 0.1) is 0 Å². The standard InChI is InChI=1S/C17H26N2O2/c1-3-19(15-7-5-6-8-15)13-17(20)18-14-9-11-16(12-10-14)21-4-2/h9-12,15H,3-8,13H2,1-2H3,(H,18,20). The van der Waals surface area contributed by atoms with Gasteiger partial charge in [-0.25, -0.2) is 0 Å². The summed E-state index contributed by atoms with van der Waals surface area (Å²) in [4.78, 5) is 14.5. The van der Waals surface area contributed by atoms with E-state index in [4.69, 9.17) is 4.74 Å². The molecule has 1 aliphatic rings. The van der Waals surface area contributed by atoms with E-state index in [1.807, 2.05) is 31.2 Å². The molecule has 1 saturated carbocycles. The van der Waals surface area contributed by atoms with E-state index in [2.05, 4.69) is 17.1 Å². The van der Waals surface area contributed by atoms with Gasteiger partial charge in [0, 0.05) is 11.7 Å². The van der Waals surface area contributed by atoms with Crippen LogP contribution in [-0.2, 0) is 4.79 Å². The Morgan fingerprint density at radius 3 is 2.48 bits per heavy atom. The number of ether oxygens (including phenoxy) is 1. The van der Waals surface area contributed by atoms with Crippen LogP contribution >= 0.6 is 0 Å². The maximum atomic E-state index is 12.2. The Morgan fingerprint density at radius 1 is 1.24 bits per heavy atom. The fourth-order valence-electron chi connectivity index (χ4n) is 2.95. The fraction of sp³-hybridized carbons (Fsp3) is 0.588. The van der Waals surface area contributed by atoms with Crippen molar-refractivity contribution in [2.45, 2.75) is 45.6 Å². The van der Waals surface area contributed by atoms with Crippen LogP contribution in [0.4, 0.5) is 5.69 Å². The average Bonchev–Trinajstić information content (AvgIpc) is 3.01. The summed E-state index contributed by atoms with van der Waals surface area (Å²) in [5.74, 6) is 0.893. The molecule has 0 heterocycles. The lowest BCUT2D eigenvalue weighted by molar-refractivity contribution is -0.117. The number of likely N-dealkylation sites (N-methyl/N-ethyl adjacent to an activating group) is 1. The zero-order valence-electron chi connectivity index (χ0n) is 13.1. The largest absolute Gasteiger partial charge is 0.494 e. The topological polar surface area (TPSA) is 41.6 Å². The normalized spacial score (nSPS) is 15.4. The summed E-state index contributed by atoms with van der Waals surface area (Å²) in [6.45, 7) is 6.15. The highest BCUT2D eigenvalue weighted by Gasteiger charge is 2.22. The minimum atomic E-state index is 0.0629. The highest BCUT2D eigenvalue weighted by molar-refractivity contribution is 5.92. The molecule has 0 spiro atoms. The van der Waals surface area contributed by atoms with Crippen molar-refractivity contribution in [1.82, 2.24) is 4.90 Å². The molecule has 1 aromatic carbocycles.